The number of rotatable bonds is 5. The van der Waals surface area contributed by atoms with E-state index in [2.05, 4.69) is 9.97 Å². The summed E-state index contributed by atoms with van der Waals surface area (Å²) in [6, 6.07) is 7.64. The quantitative estimate of drug-likeness (QED) is 0.780. The summed E-state index contributed by atoms with van der Waals surface area (Å²) in [5.74, 6) is 0.678. The number of carbonyl (C=O) groups excluding carboxylic acids is 1. The number of amides is 1. The van der Waals surface area contributed by atoms with Crippen molar-refractivity contribution in [3.05, 3.63) is 47.9 Å². The molecule has 1 aliphatic heterocycles. The van der Waals surface area contributed by atoms with Crippen molar-refractivity contribution in [2.75, 3.05) is 34.9 Å². The van der Waals surface area contributed by atoms with Gasteiger partial charge in [-0.25, -0.2) is 18.4 Å². The van der Waals surface area contributed by atoms with E-state index in [9.17, 15) is 13.2 Å². The maximum absolute atomic E-state index is 12.8. The summed E-state index contributed by atoms with van der Waals surface area (Å²) < 4.78 is 23.3. The van der Waals surface area contributed by atoms with Crippen LogP contribution >= 0.6 is 0 Å². The smallest absolute Gasteiger partial charge is 0.278 e. The van der Waals surface area contributed by atoms with Gasteiger partial charge in [-0.3, -0.25) is 4.79 Å². The standard InChI is InChI=1S/C19H24N4O3S/c1-4-23(15-7-5-6-14(2)10-15)19(24)17-11-21-18(12-20-17)22(3)16-8-9-27(25,26)13-16/h5-7,10-12,16H,4,8-9,13H2,1-3H3. The Morgan fingerprint density at radius 1 is 1.26 bits per heavy atom. The van der Waals surface area contributed by atoms with E-state index in [4.69, 9.17) is 0 Å². The zero-order chi connectivity index (χ0) is 19.6. The third kappa shape index (κ3) is 4.27. The van der Waals surface area contributed by atoms with Gasteiger partial charge >= 0.3 is 0 Å². The Bertz CT molecular complexity index is 928. The van der Waals surface area contributed by atoms with Crippen molar-refractivity contribution in [3.8, 4) is 0 Å². The molecule has 8 heteroatoms. The molecule has 27 heavy (non-hydrogen) atoms. The lowest BCUT2D eigenvalue weighted by Gasteiger charge is -2.24. The van der Waals surface area contributed by atoms with Gasteiger partial charge in [-0.2, -0.15) is 0 Å². The van der Waals surface area contributed by atoms with Crippen molar-refractivity contribution in [3.63, 3.8) is 0 Å². The topological polar surface area (TPSA) is 83.5 Å². The number of carbonyl (C=O) groups is 1. The number of benzene rings is 1. The SMILES string of the molecule is CCN(C(=O)c1cnc(N(C)C2CCS(=O)(=O)C2)cn1)c1cccc(C)c1. The molecule has 1 amide bonds. The van der Waals surface area contributed by atoms with Gasteiger partial charge in [0.25, 0.3) is 5.91 Å². The van der Waals surface area contributed by atoms with Crippen molar-refractivity contribution in [1.29, 1.82) is 0 Å². The molecule has 7 nitrogen and oxygen atoms in total. The fraction of sp³-hybridized carbons (Fsp3) is 0.421. The maximum Gasteiger partial charge on any atom is 0.278 e. The summed E-state index contributed by atoms with van der Waals surface area (Å²) >= 11 is 0. The second-order valence-electron chi connectivity index (χ2n) is 6.82. The summed E-state index contributed by atoms with van der Waals surface area (Å²) in [5.41, 5.74) is 2.16. The molecule has 0 saturated carbocycles. The van der Waals surface area contributed by atoms with Gasteiger partial charge < -0.3 is 9.80 Å². The van der Waals surface area contributed by atoms with Crippen molar-refractivity contribution < 1.29 is 13.2 Å². The Morgan fingerprint density at radius 3 is 2.59 bits per heavy atom. The van der Waals surface area contributed by atoms with Crippen molar-refractivity contribution in [2.24, 2.45) is 0 Å². The van der Waals surface area contributed by atoms with Crippen molar-refractivity contribution >= 4 is 27.2 Å². The molecule has 1 atom stereocenters. The van der Waals surface area contributed by atoms with Crippen LogP contribution in [0.15, 0.2) is 36.7 Å². The molecule has 1 aromatic carbocycles. The van der Waals surface area contributed by atoms with Crippen LogP contribution in [0.5, 0.6) is 0 Å². The Hall–Kier alpha value is -2.48. The molecule has 144 valence electrons. The average molecular weight is 388 g/mol. The molecule has 1 aliphatic rings. The lowest BCUT2D eigenvalue weighted by atomic mass is 10.2. The maximum atomic E-state index is 12.8. The Balaban J connectivity index is 1.77. The van der Waals surface area contributed by atoms with Crippen molar-refractivity contribution in [1.82, 2.24) is 9.97 Å². The Kier molecular flexibility index (Phi) is 5.46. The van der Waals surface area contributed by atoms with E-state index in [1.807, 2.05) is 50.1 Å². The first-order valence-corrected chi connectivity index (χ1v) is 10.8. The molecule has 1 unspecified atom stereocenters. The van der Waals surface area contributed by atoms with E-state index >= 15 is 0 Å². The zero-order valence-electron chi connectivity index (χ0n) is 15.8. The summed E-state index contributed by atoms with van der Waals surface area (Å²) in [7, 11) is -1.16. The van der Waals surface area contributed by atoms with Gasteiger partial charge in [-0.1, -0.05) is 12.1 Å². The van der Waals surface area contributed by atoms with Crippen LogP contribution in [-0.2, 0) is 9.84 Å². The molecule has 2 aromatic rings. The molecule has 0 bridgehead atoms. The first kappa shape index (κ1) is 19.3. The highest BCUT2D eigenvalue weighted by Crippen LogP contribution is 2.22. The number of hydrogen-bond acceptors (Lipinski definition) is 6. The molecule has 2 heterocycles. The van der Waals surface area contributed by atoms with E-state index in [1.54, 1.807) is 4.90 Å². The fourth-order valence-corrected chi connectivity index (χ4v) is 5.03. The van der Waals surface area contributed by atoms with Crippen LogP contribution in [0.4, 0.5) is 11.5 Å². The van der Waals surface area contributed by atoms with Crippen LogP contribution in [0.1, 0.15) is 29.4 Å². The minimum absolute atomic E-state index is 0.106. The van der Waals surface area contributed by atoms with Crippen LogP contribution in [0, 0.1) is 6.92 Å². The van der Waals surface area contributed by atoms with Crippen molar-refractivity contribution in [2.45, 2.75) is 26.3 Å². The summed E-state index contributed by atoms with van der Waals surface area (Å²) in [4.78, 5) is 24.9. The minimum Gasteiger partial charge on any atom is -0.354 e. The normalized spacial score (nSPS) is 18.3. The highest BCUT2D eigenvalue weighted by molar-refractivity contribution is 7.91. The van der Waals surface area contributed by atoms with Gasteiger partial charge in [0, 0.05) is 25.3 Å². The Morgan fingerprint density at radius 2 is 2.04 bits per heavy atom. The molecule has 0 aliphatic carbocycles. The molecule has 1 saturated heterocycles. The van der Waals surface area contributed by atoms with Gasteiger partial charge in [0.1, 0.15) is 11.5 Å². The van der Waals surface area contributed by atoms with E-state index in [0.717, 1.165) is 11.3 Å². The highest BCUT2D eigenvalue weighted by atomic mass is 32.2. The molecule has 1 fully saturated rings. The van der Waals surface area contributed by atoms with Gasteiger partial charge in [-0.15, -0.1) is 0 Å². The second kappa shape index (κ2) is 7.64. The predicted octanol–water partition coefficient (Wildman–Crippen LogP) is 2.08. The summed E-state index contributed by atoms with van der Waals surface area (Å²) in [5, 5.41) is 0. The molecule has 1 aromatic heterocycles. The molecule has 0 radical (unpaired) electrons. The van der Waals surface area contributed by atoms with Crippen LogP contribution < -0.4 is 9.80 Å². The highest BCUT2D eigenvalue weighted by Gasteiger charge is 2.31. The number of anilines is 2. The van der Waals surface area contributed by atoms with Gasteiger partial charge in [0.05, 0.1) is 23.9 Å². The molecular formula is C19H24N4O3S. The van der Waals surface area contributed by atoms with Gasteiger partial charge in [-0.05, 0) is 38.0 Å². The zero-order valence-corrected chi connectivity index (χ0v) is 16.6. The van der Waals surface area contributed by atoms with Crippen LogP contribution in [0.25, 0.3) is 0 Å². The summed E-state index contributed by atoms with van der Waals surface area (Å²) in [6.45, 7) is 4.41. The van der Waals surface area contributed by atoms with E-state index in [-0.39, 0.29) is 29.1 Å². The monoisotopic (exact) mass is 388 g/mol. The lowest BCUT2D eigenvalue weighted by Crippen LogP contribution is -2.34. The molecular weight excluding hydrogens is 364 g/mol. The number of aryl methyl sites for hydroxylation is 1. The number of nitrogens with zero attached hydrogens (tertiary/aromatic N) is 4. The molecule has 0 N–H and O–H groups in total. The number of sulfone groups is 1. The second-order valence-corrected chi connectivity index (χ2v) is 9.04. The molecule has 3 rings (SSSR count). The number of hydrogen-bond donors (Lipinski definition) is 0. The fourth-order valence-electron chi connectivity index (χ4n) is 3.26. The van der Waals surface area contributed by atoms with Gasteiger partial charge in [0.15, 0.2) is 9.84 Å². The minimum atomic E-state index is -2.97. The van der Waals surface area contributed by atoms with E-state index < -0.39 is 9.84 Å². The van der Waals surface area contributed by atoms with E-state index in [0.29, 0.717) is 18.8 Å². The van der Waals surface area contributed by atoms with E-state index in [1.165, 1.54) is 12.4 Å². The third-order valence-corrected chi connectivity index (χ3v) is 6.60. The average Bonchev–Trinajstić information content (AvgIpc) is 3.02. The van der Waals surface area contributed by atoms with Crippen LogP contribution in [0.2, 0.25) is 0 Å². The first-order valence-electron chi connectivity index (χ1n) is 8.94. The first-order chi connectivity index (χ1) is 12.8. The largest absolute Gasteiger partial charge is 0.354 e. The molecule has 0 spiro atoms. The third-order valence-electron chi connectivity index (χ3n) is 4.85. The number of aromatic nitrogens is 2. The van der Waals surface area contributed by atoms with Crippen LogP contribution in [0.3, 0.4) is 0 Å². The lowest BCUT2D eigenvalue weighted by molar-refractivity contribution is 0.0983. The Labute approximate surface area is 160 Å². The summed E-state index contributed by atoms with van der Waals surface area (Å²) in [6.07, 6.45) is 3.57. The van der Waals surface area contributed by atoms with Gasteiger partial charge in [0.2, 0.25) is 0 Å². The predicted molar refractivity (Wildman–Crippen MR) is 106 cm³/mol. The van der Waals surface area contributed by atoms with Crippen LogP contribution in [-0.4, -0.2) is 55.4 Å².